The lowest BCUT2D eigenvalue weighted by Gasteiger charge is -2.31. The van der Waals surface area contributed by atoms with Gasteiger partial charge in [-0.05, 0) is 43.5 Å². The first kappa shape index (κ1) is 34.4. The summed E-state index contributed by atoms with van der Waals surface area (Å²) < 4.78 is 57.8. The highest BCUT2D eigenvalue weighted by Crippen LogP contribution is 2.38. The molecule has 0 bridgehead atoms. The zero-order valence-corrected chi connectivity index (χ0v) is 26.8. The zero-order chi connectivity index (χ0) is 33.1. The summed E-state index contributed by atoms with van der Waals surface area (Å²) in [7, 11) is 0. The summed E-state index contributed by atoms with van der Waals surface area (Å²) in [5, 5.41) is 0. The molecule has 3 aromatic rings. The summed E-state index contributed by atoms with van der Waals surface area (Å²) >= 11 is 0. The number of esters is 2. The Kier molecular flexibility index (Phi) is 12.2. The molecule has 0 amide bonds. The van der Waals surface area contributed by atoms with Gasteiger partial charge in [-0.2, -0.15) is 4.39 Å². The molecule has 0 unspecified atom stereocenters. The fraction of sp³-hybridized carbons (Fsp3) is 0.500. The van der Waals surface area contributed by atoms with Crippen molar-refractivity contribution in [2.24, 2.45) is 0 Å². The topological polar surface area (TPSA) is 106 Å². The number of carbonyl (C=O) groups is 2. The van der Waals surface area contributed by atoms with Gasteiger partial charge in [0.25, 0.3) is 0 Å². The molecule has 1 aromatic heterocycles. The highest BCUT2D eigenvalue weighted by atomic mass is 19.2. The van der Waals surface area contributed by atoms with Crippen molar-refractivity contribution in [3.05, 3.63) is 66.0 Å². The van der Waals surface area contributed by atoms with Gasteiger partial charge in [0.05, 0.1) is 36.7 Å². The average molecular weight is 653 g/mol. The second-order valence-electron chi connectivity index (χ2n) is 12.0. The SMILES string of the molecule is CCCCCCCCCCOc1ccc(C(=O)Oc2ccccc2-c2ncc(OC(=O)[C@H]3COC4(CCCCC4)O3)cn2)c(F)c1F. The minimum atomic E-state index is -1.35. The molecule has 1 atom stereocenters. The first-order valence-electron chi connectivity index (χ1n) is 16.7. The first-order chi connectivity index (χ1) is 22.9. The number of unbranched alkanes of at least 4 members (excludes halogenated alkanes) is 7. The maximum absolute atomic E-state index is 14.9. The standard InChI is InChI=1S/C36H42F2N2O7/c1-2-3-4-5-6-7-8-14-21-43-29-18-17-27(31(37)32(29)38)34(41)46-28-16-11-10-15-26(28)33-39-22-25(23-40-33)45-35(42)30-24-44-36(47-30)19-12-9-13-20-36/h10-11,15-18,22-23,30H,2-9,12-14,19-21,24H2,1H3/t30-/m1/s1. The van der Waals surface area contributed by atoms with Crippen LogP contribution < -0.4 is 14.2 Å². The molecule has 5 rings (SSSR count). The fourth-order valence-electron chi connectivity index (χ4n) is 5.83. The maximum Gasteiger partial charge on any atom is 0.346 e. The molecule has 1 aliphatic heterocycles. The smallest absolute Gasteiger partial charge is 0.346 e. The monoisotopic (exact) mass is 652 g/mol. The lowest BCUT2D eigenvalue weighted by atomic mass is 9.94. The Morgan fingerprint density at radius 3 is 2.30 bits per heavy atom. The number of ether oxygens (including phenoxy) is 5. The molecular weight excluding hydrogens is 610 g/mol. The lowest BCUT2D eigenvalue weighted by molar-refractivity contribution is -0.193. The van der Waals surface area contributed by atoms with E-state index in [9.17, 15) is 18.4 Å². The Hall–Kier alpha value is -3.96. The van der Waals surface area contributed by atoms with Crippen molar-refractivity contribution in [2.45, 2.75) is 102 Å². The molecule has 0 N–H and O–H groups in total. The minimum Gasteiger partial charge on any atom is -0.490 e. The highest BCUT2D eigenvalue weighted by Gasteiger charge is 2.45. The lowest BCUT2D eigenvalue weighted by Crippen LogP contribution is -2.35. The summed E-state index contributed by atoms with van der Waals surface area (Å²) in [5.41, 5.74) is -0.260. The molecule has 2 fully saturated rings. The van der Waals surface area contributed by atoms with Gasteiger partial charge in [-0.1, -0.05) is 70.4 Å². The zero-order valence-electron chi connectivity index (χ0n) is 26.8. The molecule has 1 aliphatic carbocycles. The van der Waals surface area contributed by atoms with Gasteiger partial charge in [-0.15, -0.1) is 0 Å². The number of halogens is 2. The second kappa shape index (κ2) is 16.7. The maximum atomic E-state index is 14.9. The largest absolute Gasteiger partial charge is 0.490 e. The molecule has 9 nitrogen and oxygen atoms in total. The van der Waals surface area contributed by atoms with Gasteiger partial charge in [-0.25, -0.2) is 23.9 Å². The third-order valence-corrected chi connectivity index (χ3v) is 8.43. The van der Waals surface area contributed by atoms with E-state index < -0.39 is 41.0 Å². The fourth-order valence-corrected chi connectivity index (χ4v) is 5.83. The molecular formula is C36H42F2N2O7. The highest BCUT2D eigenvalue weighted by molar-refractivity contribution is 5.92. The molecule has 0 radical (unpaired) electrons. The summed E-state index contributed by atoms with van der Waals surface area (Å²) in [6, 6.07) is 8.76. The summed E-state index contributed by atoms with van der Waals surface area (Å²) in [6.45, 7) is 2.56. The third-order valence-electron chi connectivity index (χ3n) is 8.43. The van der Waals surface area contributed by atoms with Crippen molar-refractivity contribution in [3.63, 3.8) is 0 Å². The van der Waals surface area contributed by atoms with Gasteiger partial charge in [-0.3, -0.25) is 0 Å². The predicted molar refractivity (Wildman–Crippen MR) is 169 cm³/mol. The predicted octanol–water partition coefficient (Wildman–Crippen LogP) is 8.14. The van der Waals surface area contributed by atoms with Crippen LogP contribution in [0.4, 0.5) is 8.78 Å². The Morgan fingerprint density at radius 2 is 1.55 bits per heavy atom. The van der Waals surface area contributed by atoms with Gasteiger partial charge in [0.1, 0.15) is 5.75 Å². The number of benzene rings is 2. The van der Waals surface area contributed by atoms with Crippen LogP contribution in [0, 0.1) is 11.6 Å². The van der Waals surface area contributed by atoms with Crippen molar-refractivity contribution in [1.82, 2.24) is 9.97 Å². The van der Waals surface area contributed by atoms with Crippen LogP contribution in [0.15, 0.2) is 48.8 Å². The molecule has 1 spiro atoms. The van der Waals surface area contributed by atoms with Gasteiger partial charge in [0.15, 0.2) is 35.0 Å². The van der Waals surface area contributed by atoms with Gasteiger partial charge >= 0.3 is 11.9 Å². The van der Waals surface area contributed by atoms with Crippen LogP contribution in [0.1, 0.15) is 101 Å². The van der Waals surface area contributed by atoms with Crippen molar-refractivity contribution in [3.8, 4) is 28.6 Å². The van der Waals surface area contributed by atoms with Crippen molar-refractivity contribution < 1.29 is 42.1 Å². The molecule has 47 heavy (non-hydrogen) atoms. The van der Waals surface area contributed by atoms with Gasteiger partial charge in [0, 0.05) is 12.8 Å². The number of hydrogen-bond donors (Lipinski definition) is 0. The molecule has 11 heteroatoms. The van der Waals surface area contributed by atoms with E-state index in [0.29, 0.717) is 5.56 Å². The summed E-state index contributed by atoms with van der Waals surface area (Å²) in [4.78, 5) is 34.1. The van der Waals surface area contributed by atoms with Crippen LogP contribution in [0.2, 0.25) is 0 Å². The van der Waals surface area contributed by atoms with E-state index in [1.807, 2.05) is 0 Å². The number of aromatic nitrogens is 2. The van der Waals surface area contributed by atoms with E-state index in [1.165, 1.54) is 50.2 Å². The molecule has 1 saturated carbocycles. The van der Waals surface area contributed by atoms with Crippen LogP contribution in [0.25, 0.3) is 11.4 Å². The van der Waals surface area contributed by atoms with E-state index in [4.69, 9.17) is 23.7 Å². The van der Waals surface area contributed by atoms with Crippen LogP contribution in [-0.4, -0.2) is 47.0 Å². The van der Waals surface area contributed by atoms with Crippen LogP contribution >= 0.6 is 0 Å². The average Bonchev–Trinajstić information content (AvgIpc) is 3.49. The summed E-state index contributed by atoms with van der Waals surface area (Å²) in [5.74, 6) is -4.96. The number of rotatable bonds is 15. The van der Waals surface area contributed by atoms with Crippen LogP contribution in [0.5, 0.6) is 17.2 Å². The molecule has 2 aromatic carbocycles. The first-order valence-corrected chi connectivity index (χ1v) is 16.7. The van der Waals surface area contributed by atoms with Crippen molar-refractivity contribution in [2.75, 3.05) is 13.2 Å². The normalized spacial score (nSPS) is 17.0. The molecule has 2 aliphatic rings. The minimum absolute atomic E-state index is 0.0337. The van der Waals surface area contributed by atoms with Crippen molar-refractivity contribution >= 4 is 11.9 Å². The quantitative estimate of drug-likeness (QED) is 0.0914. The second-order valence-corrected chi connectivity index (χ2v) is 12.0. The Balaban J connectivity index is 1.15. The van der Waals surface area contributed by atoms with E-state index in [2.05, 4.69) is 16.9 Å². The third kappa shape index (κ3) is 9.10. The Bertz CT molecular complexity index is 1500. The molecule has 2 heterocycles. The number of para-hydroxylation sites is 1. The van der Waals surface area contributed by atoms with Crippen molar-refractivity contribution in [1.29, 1.82) is 0 Å². The Labute approximate surface area is 273 Å². The number of nitrogens with zero attached hydrogens (tertiary/aromatic N) is 2. The van der Waals surface area contributed by atoms with Gasteiger partial charge < -0.3 is 23.7 Å². The van der Waals surface area contributed by atoms with E-state index >= 15 is 0 Å². The van der Waals surface area contributed by atoms with Crippen LogP contribution in [0.3, 0.4) is 0 Å². The summed E-state index contributed by atoms with van der Waals surface area (Å²) in [6.07, 6.45) is 15.2. The number of carbonyl (C=O) groups excluding carboxylic acids is 2. The Morgan fingerprint density at radius 1 is 0.851 bits per heavy atom. The molecule has 252 valence electrons. The molecule has 1 saturated heterocycles. The van der Waals surface area contributed by atoms with E-state index in [0.717, 1.165) is 63.9 Å². The van der Waals surface area contributed by atoms with E-state index in [-0.39, 0.29) is 36.3 Å². The van der Waals surface area contributed by atoms with Crippen LogP contribution in [-0.2, 0) is 14.3 Å². The number of hydrogen-bond acceptors (Lipinski definition) is 9. The van der Waals surface area contributed by atoms with Gasteiger partial charge in [0.2, 0.25) is 5.82 Å². The van der Waals surface area contributed by atoms with E-state index in [1.54, 1.807) is 18.2 Å².